The molecule has 2 aromatic heterocycles. The number of nitrogens with zero attached hydrogens (tertiary/aromatic N) is 4. The first-order chi connectivity index (χ1) is 10.6. The lowest BCUT2D eigenvalue weighted by Crippen LogP contribution is -1.90. The number of non-ortho nitro benzene ring substituents is 1. The summed E-state index contributed by atoms with van der Waals surface area (Å²) in [6.45, 7) is 2.05. The number of benzene rings is 2. The number of fused-ring (bicyclic) bond motifs is 3. The van der Waals surface area contributed by atoms with E-state index in [0.29, 0.717) is 5.82 Å². The van der Waals surface area contributed by atoms with Crippen LogP contribution in [-0.4, -0.2) is 19.5 Å². The van der Waals surface area contributed by atoms with Crippen molar-refractivity contribution in [1.29, 1.82) is 0 Å². The maximum atomic E-state index is 10.8. The SMILES string of the molecule is Cc1ccc2c(c1)sc1nnc(-c3ccc([N+](=O)[O-])cc3)n12. The van der Waals surface area contributed by atoms with Gasteiger partial charge in [-0.1, -0.05) is 17.4 Å². The van der Waals surface area contributed by atoms with Crippen LogP contribution in [0.2, 0.25) is 0 Å². The quantitative estimate of drug-likeness (QED) is 0.416. The summed E-state index contributed by atoms with van der Waals surface area (Å²) >= 11 is 1.58. The summed E-state index contributed by atoms with van der Waals surface area (Å²) < 4.78 is 3.13. The van der Waals surface area contributed by atoms with Crippen molar-refractivity contribution >= 4 is 32.2 Å². The molecule has 4 rings (SSSR count). The fourth-order valence-corrected chi connectivity index (χ4v) is 3.52. The van der Waals surface area contributed by atoms with Crippen LogP contribution in [0.25, 0.3) is 26.6 Å². The third-order valence-corrected chi connectivity index (χ3v) is 4.52. The molecule has 0 spiro atoms. The highest BCUT2D eigenvalue weighted by molar-refractivity contribution is 7.23. The monoisotopic (exact) mass is 310 g/mol. The van der Waals surface area contributed by atoms with Crippen LogP contribution in [0.5, 0.6) is 0 Å². The predicted octanol–water partition coefficient (Wildman–Crippen LogP) is 3.83. The molecule has 0 bridgehead atoms. The molecule has 0 atom stereocenters. The zero-order valence-corrected chi connectivity index (χ0v) is 12.4. The van der Waals surface area contributed by atoms with E-state index in [4.69, 9.17) is 0 Å². The van der Waals surface area contributed by atoms with Gasteiger partial charge in [0.1, 0.15) is 0 Å². The van der Waals surface area contributed by atoms with Gasteiger partial charge in [-0.15, -0.1) is 10.2 Å². The van der Waals surface area contributed by atoms with Gasteiger partial charge in [0.05, 0.1) is 15.1 Å². The Hall–Kier alpha value is -2.80. The lowest BCUT2D eigenvalue weighted by molar-refractivity contribution is -0.384. The van der Waals surface area contributed by atoms with Gasteiger partial charge in [-0.2, -0.15) is 0 Å². The van der Waals surface area contributed by atoms with Gasteiger partial charge in [0.25, 0.3) is 5.69 Å². The van der Waals surface area contributed by atoms with Crippen LogP contribution in [0.1, 0.15) is 5.56 Å². The maximum Gasteiger partial charge on any atom is 0.269 e. The number of nitro benzene ring substituents is 1. The Kier molecular flexibility index (Phi) is 2.70. The standard InChI is InChI=1S/C15H10N4O2S/c1-9-2-7-12-13(8-9)22-15-17-16-14(18(12)15)10-3-5-11(6-4-10)19(20)21/h2-8H,1H3. The molecule has 0 radical (unpaired) electrons. The van der Waals surface area contributed by atoms with Crippen LogP contribution in [-0.2, 0) is 0 Å². The van der Waals surface area contributed by atoms with Crippen molar-refractivity contribution in [3.05, 3.63) is 58.1 Å². The molecule has 0 aliphatic carbocycles. The third kappa shape index (κ3) is 1.86. The summed E-state index contributed by atoms with van der Waals surface area (Å²) in [4.78, 5) is 11.2. The van der Waals surface area contributed by atoms with Crippen LogP contribution < -0.4 is 0 Å². The van der Waals surface area contributed by atoms with Crippen molar-refractivity contribution in [2.24, 2.45) is 0 Å². The lowest BCUT2D eigenvalue weighted by atomic mass is 10.2. The molecule has 22 heavy (non-hydrogen) atoms. The highest BCUT2D eigenvalue weighted by atomic mass is 32.1. The number of thiazole rings is 1. The Labute approximate surface area is 128 Å². The number of aryl methyl sites for hydroxylation is 1. The van der Waals surface area contributed by atoms with Crippen molar-refractivity contribution in [2.45, 2.75) is 6.92 Å². The maximum absolute atomic E-state index is 10.8. The minimum Gasteiger partial charge on any atom is -0.265 e. The average Bonchev–Trinajstić information content (AvgIpc) is 3.05. The first-order valence-electron chi connectivity index (χ1n) is 6.62. The summed E-state index contributed by atoms with van der Waals surface area (Å²) in [7, 11) is 0. The lowest BCUT2D eigenvalue weighted by Gasteiger charge is -2.00. The van der Waals surface area contributed by atoms with Gasteiger partial charge in [0.15, 0.2) is 5.82 Å². The zero-order chi connectivity index (χ0) is 15.3. The van der Waals surface area contributed by atoms with Crippen LogP contribution in [0, 0.1) is 17.0 Å². The van der Waals surface area contributed by atoms with E-state index in [1.54, 1.807) is 23.5 Å². The van der Waals surface area contributed by atoms with Gasteiger partial charge in [-0.25, -0.2) is 0 Å². The predicted molar refractivity (Wildman–Crippen MR) is 85.2 cm³/mol. The topological polar surface area (TPSA) is 73.3 Å². The van der Waals surface area contributed by atoms with Crippen molar-refractivity contribution in [3.8, 4) is 11.4 Å². The molecule has 6 nitrogen and oxygen atoms in total. The molecule has 0 saturated heterocycles. The number of hydrogen-bond acceptors (Lipinski definition) is 5. The van der Waals surface area contributed by atoms with Crippen LogP contribution in [0.15, 0.2) is 42.5 Å². The van der Waals surface area contributed by atoms with E-state index in [2.05, 4.69) is 23.2 Å². The normalized spacial score (nSPS) is 11.3. The second kappa shape index (κ2) is 4.60. The van der Waals surface area contributed by atoms with Gasteiger partial charge in [-0.05, 0) is 36.8 Å². The number of hydrogen-bond donors (Lipinski definition) is 0. The molecule has 0 aliphatic rings. The molecule has 0 fully saturated rings. The Balaban J connectivity index is 1.94. The van der Waals surface area contributed by atoms with Crippen LogP contribution in [0.4, 0.5) is 5.69 Å². The van der Waals surface area contributed by atoms with Gasteiger partial charge in [0, 0.05) is 17.7 Å². The van der Waals surface area contributed by atoms with E-state index in [-0.39, 0.29) is 5.69 Å². The first kappa shape index (κ1) is 12.9. The summed E-state index contributed by atoms with van der Waals surface area (Å²) in [5, 5.41) is 19.2. The van der Waals surface area contributed by atoms with Gasteiger partial charge < -0.3 is 0 Å². The minimum absolute atomic E-state index is 0.0651. The van der Waals surface area contributed by atoms with E-state index in [0.717, 1.165) is 20.7 Å². The fraction of sp³-hybridized carbons (Fsp3) is 0.0667. The largest absolute Gasteiger partial charge is 0.269 e. The van der Waals surface area contributed by atoms with Crippen molar-refractivity contribution in [1.82, 2.24) is 14.6 Å². The minimum atomic E-state index is -0.411. The Morgan fingerprint density at radius 1 is 1.14 bits per heavy atom. The van der Waals surface area contributed by atoms with E-state index in [1.807, 2.05) is 16.5 Å². The molecule has 2 heterocycles. The molecule has 108 valence electrons. The number of rotatable bonds is 2. The molecule has 4 aromatic rings. The second-order valence-corrected chi connectivity index (χ2v) is 6.03. The van der Waals surface area contributed by atoms with E-state index in [1.165, 1.54) is 17.7 Å². The van der Waals surface area contributed by atoms with E-state index >= 15 is 0 Å². The summed E-state index contributed by atoms with van der Waals surface area (Å²) in [6.07, 6.45) is 0. The zero-order valence-electron chi connectivity index (χ0n) is 11.6. The molecule has 0 saturated carbocycles. The molecule has 0 amide bonds. The highest BCUT2D eigenvalue weighted by Gasteiger charge is 2.15. The Morgan fingerprint density at radius 3 is 2.64 bits per heavy atom. The molecular weight excluding hydrogens is 300 g/mol. The average molecular weight is 310 g/mol. The molecule has 0 N–H and O–H groups in total. The molecular formula is C15H10N4O2S. The van der Waals surface area contributed by atoms with Crippen molar-refractivity contribution < 1.29 is 4.92 Å². The summed E-state index contributed by atoms with van der Waals surface area (Å²) in [5.74, 6) is 0.694. The molecule has 0 aliphatic heterocycles. The first-order valence-corrected chi connectivity index (χ1v) is 7.44. The van der Waals surface area contributed by atoms with E-state index in [9.17, 15) is 10.1 Å². The van der Waals surface area contributed by atoms with Crippen molar-refractivity contribution in [3.63, 3.8) is 0 Å². The molecule has 2 aromatic carbocycles. The summed E-state index contributed by atoms with van der Waals surface area (Å²) in [6, 6.07) is 12.6. The van der Waals surface area contributed by atoms with Gasteiger partial charge in [-0.3, -0.25) is 14.5 Å². The second-order valence-electron chi connectivity index (χ2n) is 5.02. The number of nitro groups is 1. The molecule has 0 unspecified atom stereocenters. The van der Waals surface area contributed by atoms with Crippen LogP contribution >= 0.6 is 11.3 Å². The third-order valence-electron chi connectivity index (χ3n) is 3.53. The number of aromatic nitrogens is 3. The van der Waals surface area contributed by atoms with Gasteiger partial charge in [0.2, 0.25) is 4.96 Å². The highest BCUT2D eigenvalue weighted by Crippen LogP contribution is 2.31. The summed E-state index contributed by atoms with van der Waals surface area (Å²) in [5.41, 5.74) is 3.11. The smallest absolute Gasteiger partial charge is 0.265 e. The van der Waals surface area contributed by atoms with E-state index < -0.39 is 4.92 Å². The Bertz CT molecular complexity index is 1020. The Morgan fingerprint density at radius 2 is 1.91 bits per heavy atom. The van der Waals surface area contributed by atoms with Gasteiger partial charge >= 0.3 is 0 Å². The molecule has 7 heteroatoms. The van der Waals surface area contributed by atoms with Crippen LogP contribution in [0.3, 0.4) is 0 Å². The van der Waals surface area contributed by atoms with Crippen molar-refractivity contribution in [2.75, 3.05) is 0 Å². The fourth-order valence-electron chi connectivity index (χ4n) is 2.46.